The second-order valence-electron chi connectivity index (χ2n) is 6.99. The van der Waals surface area contributed by atoms with Crippen LogP contribution in [0.3, 0.4) is 0 Å². The highest BCUT2D eigenvalue weighted by atomic mass is 15.2. The van der Waals surface area contributed by atoms with E-state index in [4.69, 9.17) is 5.73 Å². The van der Waals surface area contributed by atoms with Crippen LogP contribution in [0.5, 0.6) is 0 Å². The maximum Gasteiger partial charge on any atom is 0.0153 e. The molecule has 0 amide bonds. The molecule has 4 aliphatic carbocycles. The molecule has 0 radical (unpaired) electrons. The molecule has 4 aliphatic rings. The van der Waals surface area contributed by atoms with Gasteiger partial charge in [0.05, 0.1) is 0 Å². The lowest BCUT2D eigenvalue weighted by Crippen LogP contribution is -2.57. The molecule has 4 rings (SSSR count). The molecule has 1 atom stereocenters. The second kappa shape index (κ2) is 4.55. The summed E-state index contributed by atoms with van der Waals surface area (Å²) in [5.41, 5.74) is 6.02. The SMILES string of the molecule is CCN(CC(C)N)C1C2CC3CC(C2)CC1C3. The number of nitrogens with two attached hydrogens (primary N) is 1. The summed E-state index contributed by atoms with van der Waals surface area (Å²) in [6.45, 7) is 6.75. The van der Waals surface area contributed by atoms with Crippen LogP contribution in [0.1, 0.15) is 46.0 Å². The topological polar surface area (TPSA) is 29.3 Å². The molecule has 0 saturated heterocycles. The van der Waals surface area contributed by atoms with E-state index in [0.29, 0.717) is 6.04 Å². The summed E-state index contributed by atoms with van der Waals surface area (Å²) in [6.07, 6.45) is 7.64. The van der Waals surface area contributed by atoms with Gasteiger partial charge >= 0.3 is 0 Å². The Kier molecular flexibility index (Phi) is 3.20. The van der Waals surface area contributed by atoms with Crippen LogP contribution in [0, 0.1) is 23.7 Å². The van der Waals surface area contributed by atoms with Crippen molar-refractivity contribution in [3.05, 3.63) is 0 Å². The van der Waals surface area contributed by atoms with Gasteiger partial charge in [-0.05, 0) is 69.2 Å². The Labute approximate surface area is 106 Å². The minimum Gasteiger partial charge on any atom is -0.327 e. The van der Waals surface area contributed by atoms with E-state index in [9.17, 15) is 0 Å². The predicted octanol–water partition coefficient (Wildman–Crippen LogP) is 2.48. The van der Waals surface area contributed by atoms with Gasteiger partial charge in [-0.2, -0.15) is 0 Å². The highest BCUT2D eigenvalue weighted by molar-refractivity contribution is 5.02. The molecule has 0 aromatic carbocycles. The third-order valence-corrected chi connectivity index (χ3v) is 5.53. The smallest absolute Gasteiger partial charge is 0.0153 e. The summed E-state index contributed by atoms with van der Waals surface area (Å²) in [6, 6.07) is 1.20. The molecule has 0 spiro atoms. The summed E-state index contributed by atoms with van der Waals surface area (Å²) in [7, 11) is 0. The normalized spacial score (nSPS) is 45.5. The van der Waals surface area contributed by atoms with Gasteiger partial charge in [-0.1, -0.05) is 6.92 Å². The quantitative estimate of drug-likeness (QED) is 0.812. The lowest BCUT2D eigenvalue weighted by molar-refractivity contribution is -0.0648. The van der Waals surface area contributed by atoms with E-state index in [0.717, 1.165) is 36.3 Å². The van der Waals surface area contributed by atoms with Crippen molar-refractivity contribution >= 4 is 0 Å². The molecule has 4 fully saturated rings. The van der Waals surface area contributed by atoms with Crippen LogP contribution < -0.4 is 5.73 Å². The first-order chi connectivity index (χ1) is 8.17. The maximum absolute atomic E-state index is 6.02. The van der Waals surface area contributed by atoms with Crippen molar-refractivity contribution in [1.29, 1.82) is 0 Å². The van der Waals surface area contributed by atoms with Crippen LogP contribution in [0.4, 0.5) is 0 Å². The molecule has 4 saturated carbocycles. The van der Waals surface area contributed by atoms with Crippen molar-refractivity contribution < 1.29 is 0 Å². The molecule has 0 aromatic rings. The standard InChI is InChI=1S/C15H28N2/c1-3-17(9-10(2)16)15-13-5-11-4-12(7-13)8-14(15)6-11/h10-15H,3-9,16H2,1-2H3. The number of nitrogens with zero attached hydrogens (tertiary/aromatic N) is 1. The fourth-order valence-corrected chi connectivity index (χ4v) is 5.32. The van der Waals surface area contributed by atoms with E-state index in [1.54, 1.807) is 6.42 Å². The van der Waals surface area contributed by atoms with E-state index in [1.807, 2.05) is 0 Å². The molecular weight excluding hydrogens is 208 g/mol. The van der Waals surface area contributed by atoms with E-state index in [1.165, 1.54) is 32.2 Å². The first kappa shape index (κ1) is 12.0. The molecular formula is C15H28N2. The average molecular weight is 236 g/mol. The van der Waals surface area contributed by atoms with Gasteiger partial charge < -0.3 is 5.73 Å². The molecule has 2 N–H and O–H groups in total. The van der Waals surface area contributed by atoms with Crippen molar-refractivity contribution in [2.24, 2.45) is 29.4 Å². The molecule has 0 aliphatic heterocycles. The summed E-state index contributed by atoms with van der Waals surface area (Å²) in [4.78, 5) is 2.71. The van der Waals surface area contributed by atoms with Crippen molar-refractivity contribution in [3.8, 4) is 0 Å². The van der Waals surface area contributed by atoms with E-state index < -0.39 is 0 Å². The van der Waals surface area contributed by atoms with Gasteiger partial charge in [0.15, 0.2) is 0 Å². The van der Waals surface area contributed by atoms with Crippen molar-refractivity contribution in [3.63, 3.8) is 0 Å². The molecule has 4 bridgehead atoms. The highest BCUT2D eigenvalue weighted by Gasteiger charge is 2.49. The summed E-state index contributed by atoms with van der Waals surface area (Å²) >= 11 is 0. The highest BCUT2D eigenvalue weighted by Crippen LogP contribution is 2.55. The van der Waals surface area contributed by atoms with Crippen LogP contribution in [0.2, 0.25) is 0 Å². The Morgan fingerprint density at radius 1 is 1.06 bits per heavy atom. The van der Waals surface area contributed by atoms with Gasteiger partial charge in [0.25, 0.3) is 0 Å². The zero-order valence-corrected chi connectivity index (χ0v) is 11.4. The van der Waals surface area contributed by atoms with Crippen molar-refractivity contribution in [2.45, 2.75) is 58.0 Å². The first-order valence-electron chi connectivity index (χ1n) is 7.67. The summed E-state index contributed by atoms with van der Waals surface area (Å²) in [5, 5.41) is 0. The fourth-order valence-electron chi connectivity index (χ4n) is 5.32. The fraction of sp³-hybridized carbons (Fsp3) is 1.00. The number of rotatable bonds is 4. The van der Waals surface area contributed by atoms with Crippen LogP contribution in [-0.2, 0) is 0 Å². The van der Waals surface area contributed by atoms with Gasteiger partial charge in [-0.3, -0.25) is 4.90 Å². The molecule has 2 nitrogen and oxygen atoms in total. The third kappa shape index (κ3) is 2.15. The minimum absolute atomic E-state index is 0.326. The molecule has 17 heavy (non-hydrogen) atoms. The maximum atomic E-state index is 6.02. The summed E-state index contributed by atoms with van der Waals surface area (Å²) in [5.74, 6) is 4.18. The van der Waals surface area contributed by atoms with E-state index in [2.05, 4.69) is 18.7 Å². The van der Waals surface area contributed by atoms with Crippen LogP contribution in [0.25, 0.3) is 0 Å². The van der Waals surface area contributed by atoms with Crippen molar-refractivity contribution in [2.75, 3.05) is 13.1 Å². The van der Waals surface area contributed by atoms with Gasteiger partial charge in [0, 0.05) is 18.6 Å². The summed E-state index contributed by atoms with van der Waals surface area (Å²) < 4.78 is 0. The third-order valence-electron chi connectivity index (χ3n) is 5.53. The van der Waals surface area contributed by atoms with Crippen LogP contribution in [-0.4, -0.2) is 30.1 Å². The van der Waals surface area contributed by atoms with Crippen molar-refractivity contribution in [1.82, 2.24) is 4.90 Å². The number of hydrogen-bond acceptors (Lipinski definition) is 2. The second-order valence-corrected chi connectivity index (χ2v) is 6.99. The Balaban J connectivity index is 1.74. The Morgan fingerprint density at radius 2 is 1.59 bits per heavy atom. The Hall–Kier alpha value is -0.0800. The molecule has 98 valence electrons. The van der Waals surface area contributed by atoms with Gasteiger partial charge in [0.1, 0.15) is 0 Å². The Bertz CT molecular complexity index is 246. The van der Waals surface area contributed by atoms with Gasteiger partial charge in [0.2, 0.25) is 0 Å². The number of likely N-dealkylation sites (N-methyl/N-ethyl adjacent to an activating group) is 1. The van der Waals surface area contributed by atoms with Gasteiger partial charge in [-0.25, -0.2) is 0 Å². The van der Waals surface area contributed by atoms with Crippen LogP contribution in [0.15, 0.2) is 0 Å². The molecule has 2 heteroatoms. The minimum atomic E-state index is 0.326. The monoisotopic (exact) mass is 236 g/mol. The van der Waals surface area contributed by atoms with Crippen LogP contribution >= 0.6 is 0 Å². The predicted molar refractivity (Wildman–Crippen MR) is 71.7 cm³/mol. The molecule has 1 unspecified atom stereocenters. The Morgan fingerprint density at radius 3 is 2.00 bits per heavy atom. The zero-order chi connectivity index (χ0) is 12.0. The first-order valence-corrected chi connectivity index (χ1v) is 7.67. The van der Waals surface area contributed by atoms with Gasteiger partial charge in [-0.15, -0.1) is 0 Å². The average Bonchev–Trinajstić information content (AvgIpc) is 2.25. The number of hydrogen-bond donors (Lipinski definition) is 1. The largest absolute Gasteiger partial charge is 0.327 e. The molecule has 0 heterocycles. The zero-order valence-electron chi connectivity index (χ0n) is 11.4. The molecule has 0 aromatic heterocycles. The van der Waals surface area contributed by atoms with E-state index >= 15 is 0 Å². The van der Waals surface area contributed by atoms with E-state index in [-0.39, 0.29) is 0 Å². The lowest BCUT2D eigenvalue weighted by Gasteiger charge is -2.57. The lowest BCUT2D eigenvalue weighted by atomic mass is 9.54.